The van der Waals surface area contributed by atoms with E-state index >= 15 is 0 Å². The number of benzene rings is 2. The first-order valence-electron chi connectivity index (χ1n) is 12.2. The summed E-state index contributed by atoms with van der Waals surface area (Å²) in [6, 6.07) is 15.5. The molecule has 0 aromatic heterocycles. The number of anilines is 1. The lowest BCUT2D eigenvalue weighted by molar-refractivity contribution is -0.119. The molecule has 3 aliphatic rings. The van der Waals surface area contributed by atoms with Gasteiger partial charge in [0.25, 0.3) is 0 Å². The van der Waals surface area contributed by atoms with Gasteiger partial charge in [-0.15, -0.1) is 0 Å². The van der Waals surface area contributed by atoms with Crippen LogP contribution in [0.3, 0.4) is 0 Å². The summed E-state index contributed by atoms with van der Waals surface area (Å²) in [6.07, 6.45) is 2.45. The molecular weight excluding hydrogens is 458 g/mol. The maximum absolute atomic E-state index is 13.8. The van der Waals surface area contributed by atoms with Gasteiger partial charge in [-0.3, -0.25) is 9.59 Å². The largest absolute Gasteiger partial charge is 0.497 e. The number of hydrogen-bond acceptors (Lipinski definition) is 4. The van der Waals surface area contributed by atoms with Gasteiger partial charge in [-0.2, -0.15) is 0 Å². The van der Waals surface area contributed by atoms with Crippen LogP contribution in [0.15, 0.2) is 71.1 Å². The zero-order valence-corrected chi connectivity index (χ0v) is 21.8. The van der Waals surface area contributed by atoms with Gasteiger partial charge < -0.3 is 9.64 Å². The third-order valence-electron chi connectivity index (χ3n) is 7.44. The van der Waals surface area contributed by atoms with Crippen LogP contribution in [0.2, 0.25) is 5.02 Å². The molecule has 0 amide bonds. The Labute approximate surface area is 212 Å². The molecule has 2 aliphatic carbocycles. The molecule has 0 radical (unpaired) electrons. The van der Waals surface area contributed by atoms with Crippen molar-refractivity contribution in [1.82, 2.24) is 0 Å². The number of ether oxygens (including phenoxy) is 1. The summed E-state index contributed by atoms with van der Waals surface area (Å²) < 4.78 is 5.37. The van der Waals surface area contributed by atoms with Crippen molar-refractivity contribution in [2.45, 2.75) is 59.3 Å². The molecule has 0 atom stereocenters. The van der Waals surface area contributed by atoms with Crippen molar-refractivity contribution in [3.8, 4) is 5.75 Å². The minimum Gasteiger partial charge on any atom is -0.497 e. The van der Waals surface area contributed by atoms with Crippen LogP contribution < -0.4 is 9.64 Å². The molecule has 5 rings (SSSR count). The highest BCUT2D eigenvalue weighted by Gasteiger charge is 2.49. The van der Waals surface area contributed by atoms with E-state index in [1.165, 1.54) is 0 Å². The van der Waals surface area contributed by atoms with Crippen LogP contribution in [0.5, 0.6) is 5.75 Å². The maximum atomic E-state index is 13.8. The molecular formula is C30H32ClNO3. The topological polar surface area (TPSA) is 46.6 Å². The van der Waals surface area contributed by atoms with Crippen LogP contribution in [0.25, 0.3) is 0 Å². The van der Waals surface area contributed by atoms with Crippen LogP contribution >= 0.6 is 11.6 Å². The van der Waals surface area contributed by atoms with Crippen LogP contribution in [0, 0.1) is 10.8 Å². The van der Waals surface area contributed by atoms with Gasteiger partial charge in [0.15, 0.2) is 11.6 Å². The molecule has 0 bridgehead atoms. The Morgan fingerprint density at radius 1 is 0.771 bits per heavy atom. The third-order valence-corrected chi connectivity index (χ3v) is 7.70. The van der Waals surface area contributed by atoms with Gasteiger partial charge in [0, 0.05) is 52.0 Å². The zero-order chi connectivity index (χ0) is 25.1. The molecule has 4 nitrogen and oxygen atoms in total. The average Bonchev–Trinajstić information content (AvgIpc) is 2.77. The molecule has 0 saturated heterocycles. The fourth-order valence-corrected chi connectivity index (χ4v) is 6.12. The molecule has 5 heteroatoms. The number of carbonyl (C=O) groups is 2. The monoisotopic (exact) mass is 489 g/mol. The van der Waals surface area contributed by atoms with E-state index in [1.54, 1.807) is 7.11 Å². The first kappa shape index (κ1) is 23.9. The predicted molar refractivity (Wildman–Crippen MR) is 140 cm³/mol. The summed E-state index contributed by atoms with van der Waals surface area (Å²) in [4.78, 5) is 29.9. The number of nitrogens with zero attached hydrogens (tertiary/aromatic N) is 1. The quantitative estimate of drug-likeness (QED) is 0.456. The molecule has 1 heterocycles. The van der Waals surface area contributed by atoms with Crippen molar-refractivity contribution < 1.29 is 14.3 Å². The molecule has 0 fully saturated rings. The number of methoxy groups -OCH3 is 1. The Morgan fingerprint density at radius 3 is 1.71 bits per heavy atom. The van der Waals surface area contributed by atoms with E-state index in [9.17, 15) is 9.59 Å². The number of rotatable bonds is 3. The van der Waals surface area contributed by atoms with Gasteiger partial charge in [0.2, 0.25) is 0 Å². The maximum Gasteiger partial charge on any atom is 0.162 e. The van der Waals surface area contributed by atoms with E-state index < -0.39 is 0 Å². The number of hydrogen-bond donors (Lipinski definition) is 0. The van der Waals surface area contributed by atoms with E-state index in [-0.39, 0.29) is 28.3 Å². The van der Waals surface area contributed by atoms with Crippen LogP contribution in [0.1, 0.15) is 64.9 Å². The second-order valence-electron chi connectivity index (χ2n) is 11.6. The number of carbonyl (C=O) groups excluding carboxylic acids is 2. The number of ketones is 2. The Hall–Kier alpha value is -2.85. The van der Waals surface area contributed by atoms with Crippen LogP contribution in [0.4, 0.5) is 5.69 Å². The van der Waals surface area contributed by atoms with E-state index in [0.717, 1.165) is 52.4 Å². The molecule has 2 aromatic carbocycles. The van der Waals surface area contributed by atoms with Crippen molar-refractivity contribution >= 4 is 28.9 Å². The summed E-state index contributed by atoms with van der Waals surface area (Å²) in [5.74, 6) is 0.644. The molecule has 35 heavy (non-hydrogen) atoms. The third kappa shape index (κ3) is 4.23. The second kappa shape index (κ2) is 8.37. The summed E-state index contributed by atoms with van der Waals surface area (Å²) in [5, 5.41) is 0.658. The molecule has 182 valence electrons. The molecule has 0 unspecified atom stereocenters. The van der Waals surface area contributed by atoms with Crippen molar-refractivity contribution in [3.63, 3.8) is 0 Å². The highest BCUT2D eigenvalue weighted by atomic mass is 35.5. The average molecular weight is 490 g/mol. The minimum absolute atomic E-state index is 0.125. The molecule has 0 saturated carbocycles. The summed E-state index contributed by atoms with van der Waals surface area (Å²) >= 11 is 6.23. The van der Waals surface area contributed by atoms with Crippen LogP contribution in [-0.4, -0.2) is 18.7 Å². The zero-order valence-electron chi connectivity index (χ0n) is 21.1. The summed E-state index contributed by atoms with van der Waals surface area (Å²) in [5.41, 5.74) is 5.11. The van der Waals surface area contributed by atoms with Gasteiger partial charge in [0.1, 0.15) is 5.75 Å². The van der Waals surface area contributed by atoms with E-state index in [4.69, 9.17) is 16.3 Å². The number of allylic oxidation sites excluding steroid dienone is 4. The van der Waals surface area contributed by atoms with Crippen molar-refractivity contribution in [2.24, 2.45) is 10.8 Å². The highest BCUT2D eigenvalue weighted by Crippen LogP contribution is 2.55. The Morgan fingerprint density at radius 2 is 1.26 bits per heavy atom. The van der Waals surface area contributed by atoms with Gasteiger partial charge in [0.05, 0.1) is 7.11 Å². The van der Waals surface area contributed by atoms with Crippen molar-refractivity contribution in [2.75, 3.05) is 12.0 Å². The number of Topliss-reactive ketones (excluding diaryl/α,β-unsaturated/α-hetero) is 2. The van der Waals surface area contributed by atoms with Crippen molar-refractivity contribution in [3.05, 3.63) is 81.7 Å². The highest BCUT2D eigenvalue weighted by molar-refractivity contribution is 6.30. The first-order chi connectivity index (χ1) is 16.5. The minimum atomic E-state index is -0.360. The summed E-state index contributed by atoms with van der Waals surface area (Å²) in [6.45, 7) is 8.60. The van der Waals surface area contributed by atoms with Gasteiger partial charge in [-0.25, -0.2) is 0 Å². The Balaban J connectivity index is 1.80. The van der Waals surface area contributed by atoms with Gasteiger partial charge in [-0.1, -0.05) is 51.4 Å². The molecule has 0 spiro atoms. The van der Waals surface area contributed by atoms with Crippen LogP contribution in [-0.2, 0) is 9.59 Å². The molecule has 0 N–H and O–H groups in total. The van der Waals surface area contributed by atoms with Gasteiger partial charge >= 0.3 is 0 Å². The lowest BCUT2D eigenvalue weighted by Crippen LogP contribution is -2.44. The SMILES string of the molecule is COc1ccc(C2C3=C(CC(C)(C)CC3=O)N(c3ccc(Cl)cc3)C3=C2C(=O)CC(C)(C)C3)cc1. The van der Waals surface area contributed by atoms with E-state index in [1.807, 2.05) is 48.5 Å². The Bertz CT molecular complexity index is 1210. The van der Waals surface area contributed by atoms with Gasteiger partial charge in [-0.05, 0) is 65.6 Å². The molecule has 1 aliphatic heterocycles. The smallest absolute Gasteiger partial charge is 0.162 e. The fourth-order valence-electron chi connectivity index (χ4n) is 6.00. The lowest BCUT2D eigenvalue weighted by atomic mass is 9.63. The summed E-state index contributed by atoms with van der Waals surface area (Å²) in [7, 11) is 1.64. The number of halogens is 1. The standard InChI is InChI=1S/C30H32ClNO3/c1-29(2)14-22-27(24(33)16-29)26(18-6-12-21(35-5)13-7-18)28-23(15-30(3,4)17-25(28)34)32(22)20-10-8-19(31)9-11-20/h6-13,26H,14-17H2,1-5H3. The van der Waals surface area contributed by atoms with E-state index in [2.05, 4.69) is 32.6 Å². The predicted octanol–water partition coefficient (Wildman–Crippen LogP) is 7.24. The van der Waals surface area contributed by atoms with Crippen molar-refractivity contribution in [1.29, 1.82) is 0 Å². The fraction of sp³-hybridized carbons (Fsp3) is 0.400. The molecule has 2 aromatic rings. The normalized spacial score (nSPS) is 21.7. The second-order valence-corrected chi connectivity index (χ2v) is 12.1. The lowest BCUT2D eigenvalue weighted by Gasteiger charge is -2.49. The first-order valence-corrected chi connectivity index (χ1v) is 12.6. The van der Waals surface area contributed by atoms with E-state index in [0.29, 0.717) is 17.9 Å². The Kier molecular flexibility index (Phi) is 5.71.